The molecule has 2 N–H and O–H groups in total. The molecule has 1 aliphatic rings. The Morgan fingerprint density at radius 2 is 1.67 bits per heavy atom. The van der Waals surface area contributed by atoms with Crippen LogP contribution in [0.4, 0.5) is 5.69 Å². The molecular formula is C24H29N3O3. The molecule has 0 aromatic heterocycles. The fraction of sp³-hybridized carbons (Fsp3) is 0.375. The second-order valence-corrected chi connectivity index (χ2v) is 7.79. The van der Waals surface area contributed by atoms with E-state index < -0.39 is 0 Å². The Bertz CT molecular complexity index is 876. The summed E-state index contributed by atoms with van der Waals surface area (Å²) in [5, 5.41) is 5.42. The Balaban J connectivity index is 1.58. The Labute approximate surface area is 177 Å². The molecule has 1 fully saturated rings. The maximum atomic E-state index is 13.1. The Hall–Kier alpha value is -3.15. The van der Waals surface area contributed by atoms with Crippen LogP contribution < -0.4 is 10.6 Å². The second-order valence-electron chi connectivity index (χ2n) is 7.79. The minimum absolute atomic E-state index is 0.0455. The molecule has 2 aromatic carbocycles. The average molecular weight is 408 g/mol. The van der Waals surface area contributed by atoms with Gasteiger partial charge in [0, 0.05) is 17.3 Å². The minimum atomic E-state index is -0.329. The molecule has 158 valence electrons. The zero-order chi connectivity index (χ0) is 21.3. The zero-order valence-electron chi connectivity index (χ0n) is 17.4. The molecular weight excluding hydrogens is 378 g/mol. The van der Waals surface area contributed by atoms with Crippen molar-refractivity contribution >= 4 is 23.4 Å². The molecule has 0 spiro atoms. The van der Waals surface area contributed by atoms with Gasteiger partial charge in [-0.25, -0.2) is 0 Å². The Kier molecular flexibility index (Phi) is 7.60. The predicted octanol–water partition coefficient (Wildman–Crippen LogP) is 3.52. The maximum Gasteiger partial charge on any atom is 0.254 e. The number of rotatable bonds is 7. The maximum absolute atomic E-state index is 13.1. The number of nitrogens with zero attached hydrogens (tertiary/aromatic N) is 1. The van der Waals surface area contributed by atoms with Crippen LogP contribution in [0.25, 0.3) is 0 Å². The summed E-state index contributed by atoms with van der Waals surface area (Å²) in [6.45, 7) is 1.77. The molecule has 1 aliphatic carbocycles. The number of carbonyl (C=O) groups excluding carboxylic acids is 3. The topological polar surface area (TPSA) is 78.5 Å². The van der Waals surface area contributed by atoms with Crippen molar-refractivity contribution in [3.05, 3.63) is 65.7 Å². The van der Waals surface area contributed by atoms with Crippen LogP contribution in [-0.2, 0) is 9.59 Å². The number of nitrogens with one attached hydrogen (secondary N) is 2. The van der Waals surface area contributed by atoms with E-state index in [0.717, 1.165) is 37.7 Å². The summed E-state index contributed by atoms with van der Waals surface area (Å²) in [5.74, 6) is -0.765. The highest BCUT2D eigenvalue weighted by molar-refractivity contribution is 5.98. The van der Waals surface area contributed by atoms with Crippen LogP contribution in [0.3, 0.4) is 0 Å². The van der Waals surface area contributed by atoms with Crippen LogP contribution in [0, 0.1) is 6.92 Å². The summed E-state index contributed by atoms with van der Waals surface area (Å²) in [7, 11) is 0. The van der Waals surface area contributed by atoms with Crippen molar-refractivity contribution in [2.75, 3.05) is 18.4 Å². The molecule has 30 heavy (non-hydrogen) atoms. The third kappa shape index (κ3) is 6.17. The van der Waals surface area contributed by atoms with E-state index >= 15 is 0 Å². The first kappa shape index (κ1) is 21.6. The second kappa shape index (κ2) is 10.6. The highest BCUT2D eigenvalue weighted by Gasteiger charge is 2.28. The summed E-state index contributed by atoms with van der Waals surface area (Å²) < 4.78 is 0. The van der Waals surface area contributed by atoms with E-state index in [1.165, 1.54) is 0 Å². The van der Waals surface area contributed by atoms with E-state index in [1.807, 2.05) is 43.3 Å². The first-order valence-corrected chi connectivity index (χ1v) is 10.5. The van der Waals surface area contributed by atoms with Gasteiger partial charge in [-0.1, -0.05) is 49.6 Å². The molecule has 6 heteroatoms. The van der Waals surface area contributed by atoms with Gasteiger partial charge in [0.2, 0.25) is 11.8 Å². The first-order valence-electron chi connectivity index (χ1n) is 10.5. The van der Waals surface area contributed by atoms with Gasteiger partial charge in [0.05, 0.1) is 6.54 Å². The van der Waals surface area contributed by atoms with Gasteiger partial charge >= 0.3 is 0 Å². The van der Waals surface area contributed by atoms with E-state index in [4.69, 9.17) is 0 Å². The van der Waals surface area contributed by atoms with E-state index in [1.54, 1.807) is 23.1 Å². The van der Waals surface area contributed by atoms with Crippen molar-refractivity contribution in [1.29, 1.82) is 0 Å². The number of hydrogen-bond acceptors (Lipinski definition) is 3. The average Bonchev–Trinajstić information content (AvgIpc) is 2.77. The third-order valence-electron chi connectivity index (χ3n) is 5.36. The van der Waals surface area contributed by atoms with Crippen molar-refractivity contribution < 1.29 is 14.4 Å². The zero-order valence-corrected chi connectivity index (χ0v) is 17.4. The fourth-order valence-corrected chi connectivity index (χ4v) is 3.82. The smallest absolute Gasteiger partial charge is 0.254 e. The first-order chi connectivity index (χ1) is 14.5. The highest BCUT2D eigenvalue weighted by Crippen LogP contribution is 2.24. The van der Waals surface area contributed by atoms with Crippen LogP contribution in [0.2, 0.25) is 0 Å². The summed E-state index contributed by atoms with van der Waals surface area (Å²) >= 11 is 0. The quantitative estimate of drug-likeness (QED) is 0.737. The summed E-state index contributed by atoms with van der Waals surface area (Å²) in [6, 6.07) is 16.6. The number of hydrogen-bond donors (Lipinski definition) is 2. The number of carbonyl (C=O) groups is 3. The van der Waals surface area contributed by atoms with Crippen molar-refractivity contribution in [3.63, 3.8) is 0 Å². The lowest BCUT2D eigenvalue weighted by Crippen LogP contribution is -2.48. The molecule has 0 radical (unpaired) electrons. The van der Waals surface area contributed by atoms with Gasteiger partial charge in [0.1, 0.15) is 6.54 Å². The van der Waals surface area contributed by atoms with Gasteiger partial charge < -0.3 is 15.5 Å². The van der Waals surface area contributed by atoms with E-state index in [-0.39, 0.29) is 36.9 Å². The molecule has 3 rings (SSSR count). The third-order valence-corrected chi connectivity index (χ3v) is 5.36. The fourth-order valence-electron chi connectivity index (χ4n) is 3.82. The largest absolute Gasteiger partial charge is 0.345 e. The summed E-state index contributed by atoms with van der Waals surface area (Å²) in [5.41, 5.74) is 2.31. The summed E-state index contributed by atoms with van der Waals surface area (Å²) in [6.07, 6.45) is 5.09. The highest BCUT2D eigenvalue weighted by atomic mass is 16.2. The molecule has 1 saturated carbocycles. The number of aryl methyl sites for hydroxylation is 1. The lowest BCUT2D eigenvalue weighted by molar-refractivity contribution is -0.125. The lowest BCUT2D eigenvalue weighted by Gasteiger charge is -2.34. The van der Waals surface area contributed by atoms with Crippen molar-refractivity contribution in [1.82, 2.24) is 10.2 Å². The number of amides is 3. The Morgan fingerprint density at radius 1 is 0.933 bits per heavy atom. The molecule has 0 heterocycles. The monoisotopic (exact) mass is 407 g/mol. The minimum Gasteiger partial charge on any atom is -0.345 e. The van der Waals surface area contributed by atoms with Crippen LogP contribution in [0.5, 0.6) is 0 Å². The number of benzene rings is 2. The van der Waals surface area contributed by atoms with Crippen LogP contribution in [0.15, 0.2) is 54.6 Å². The van der Waals surface area contributed by atoms with Crippen molar-refractivity contribution in [2.24, 2.45) is 0 Å². The van der Waals surface area contributed by atoms with Crippen LogP contribution in [0.1, 0.15) is 48.0 Å². The van der Waals surface area contributed by atoms with Gasteiger partial charge in [-0.05, 0) is 49.6 Å². The SMILES string of the molecule is Cc1cccc(NC(=O)CNC(=O)CN(C(=O)c2ccccc2)C2CCCCC2)c1. The molecule has 0 atom stereocenters. The van der Waals surface area contributed by atoms with Crippen LogP contribution >= 0.6 is 0 Å². The van der Waals surface area contributed by atoms with Gasteiger partial charge in [-0.3, -0.25) is 14.4 Å². The predicted molar refractivity (Wildman–Crippen MR) is 117 cm³/mol. The molecule has 6 nitrogen and oxygen atoms in total. The molecule has 0 bridgehead atoms. The van der Waals surface area contributed by atoms with Gasteiger partial charge in [-0.2, -0.15) is 0 Å². The van der Waals surface area contributed by atoms with Gasteiger partial charge in [-0.15, -0.1) is 0 Å². The normalized spacial score (nSPS) is 14.0. The van der Waals surface area contributed by atoms with Crippen molar-refractivity contribution in [2.45, 2.75) is 45.1 Å². The lowest BCUT2D eigenvalue weighted by atomic mass is 9.93. The molecule has 2 aromatic rings. The van der Waals surface area contributed by atoms with E-state index in [0.29, 0.717) is 11.3 Å². The van der Waals surface area contributed by atoms with E-state index in [9.17, 15) is 14.4 Å². The standard InChI is InChI=1S/C24H29N3O3/c1-18-9-8-12-20(15-18)26-22(28)16-25-23(29)17-27(21-13-6-3-7-14-21)24(30)19-10-4-2-5-11-19/h2,4-5,8-12,15,21H,3,6-7,13-14,16-17H2,1H3,(H,25,29)(H,26,28). The molecule has 0 aliphatic heterocycles. The Morgan fingerprint density at radius 3 is 2.37 bits per heavy atom. The molecule has 0 unspecified atom stereocenters. The van der Waals surface area contributed by atoms with Crippen molar-refractivity contribution in [3.8, 4) is 0 Å². The molecule has 0 saturated heterocycles. The van der Waals surface area contributed by atoms with Gasteiger partial charge in [0.15, 0.2) is 0 Å². The van der Waals surface area contributed by atoms with Gasteiger partial charge in [0.25, 0.3) is 5.91 Å². The van der Waals surface area contributed by atoms with E-state index in [2.05, 4.69) is 10.6 Å². The summed E-state index contributed by atoms with van der Waals surface area (Å²) in [4.78, 5) is 39.4. The molecule has 3 amide bonds. The number of anilines is 1. The van der Waals surface area contributed by atoms with Crippen LogP contribution in [-0.4, -0.2) is 41.8 Å².